The summed E-state index contributed by atoms with van der Waals surface area (Å²) in [7, 11) is 1.41. The number of aliphatic hydroxyl groups is 2. The highest BCUT2D eigenvalue weighted by Crippen LogP contribution is 2.45. The molecule has 5 atom stereocenters. The van der Waals surface area contributed by atoms with E-state index in [2.05, 4.69) is 10.8 Å². The molecule has 3 aliphatic rings. The normalized spacial score (nSPS) is 34.0. The van der Waals surface area contributed by atoms with E-state index in [0.29, 0.717) is 18.8 Å². The van der Waals surface area contributed by atoms with Crippen molar-refractivity contribution >= 4 is 5.97 Å². The van der Waals surface area contributed by atoms with Crippen LogP contribution in [0.2, 0.25) is 0 Å². The fraction of sp³-hybridized carbons (Fsp3) is 0.773. The first-order valence-electron chi connectivity index (χ1n) is 10.6. The van der Waals surface area contributed by atoms with Crippen LogP contribution in [0.1, 0.15) is 64.2 Å². The number of methoxy groups -OCH3 is 1. The Balaban J connectivity index is 1.50. The molecule has 0 aromatic heterocycles. The minimum atomic E-state index is -0.396. The topological polar surface area (TPSA) is 76.0 Å². The smallest absolute Gasteiger partial charge is 0.305 e. The maximum Gasteiger partial charge on any atom is 0.305 e. The highest BCUT2D eigenvalue weighted by Gasteiger charge is 2.47. The summed E-state index contributed by atoms with van der Waals surface area (Å²) in [5.74, 6) is 1.50. The number of rotatable bonds is 7. The summed E-state index contributed by atoms with van der Waals surface area (Å²) in [6.07, 6.45) is 14.7. The third-order valence-electron chi connectivity index (χ3n) is 6.48. The van der Waals surface area contributed by atoms with E-state index in [0.717, 1.165) is 37.9 Å². The third kappa shape index (κ3) is 5.35. The van der Waals surface area contributed by atoms with Gasteiger partial charge in [-0.1, -0.05) is 31.4 Å². The van der Waals surface area contributed by atoms with Gasteiger partial charge in [-0.15, -0.1) is 0 Å². The van der Waals surface area contributed by atoms with Crippen LogP contribution in [0.25, 0.3) is 0 Å². The number of carbonyl (C=O) groups excluding carboxylic acids is 1. The number of unbranched alkanes of at least 4 members (excludes halogenated alkanes) is 1. The van der Waals surface area contributed by atoms with Crippen molar-refractivity contribution in [2.75, 3.05) is 7.11 Å². The molecule has 0 radical (unpaired) electrons. The first-order valence-corrected chi connectivity index (χ1v) is 10.6. The lowest BCUT2D eigenvalue weighted by atomic mass is 9.84. The molecular weight excluding hydrogens is 344 g/mol. The van der Waals surface area contributed by atoms with Gasteiger partial charge >= 0.3 is 5.97 Å². The van der Waals surface area contributed by atoms with Gasteiger partial charge in [0.25, 0.3) is 0 Å². The number of ether oxygens (including phenoxy) is 2. The van der Waals surface area contributed by atoms with Crippen molar-refractivity contribution in [1.29, 1.82) is 0 Å². The molecule has 1 heterocycles. The molecule has 2 saturated carbocycles. The fourth-order valence-electron chi connectivity index (χ4n) is 4.87. The fourth-order valence-corrected chi connectivity index (χ4v) is 4.87. The van der Waals surface area contributed by atoms with E-state index in [9.17, 15) is 15.0 Å². The van der Waals surface area contributed by atoms with Crippen molar-refractivity contribution in [3.8, 4) is 0 Å². The minimum absolute atomic E-state index is 0.0502. The van der Waals surface area contributed by atoms with Crippen LogP contribution in [0.4, 0.5) is 0 Å². The highest BCUT2D eigenvalue weighted by atomic mass is 16.5. The van der Waals surface area contributed by atoms with Gasteiger partial charge in [-0.25, -0.2) is 0 Å². The van der Waals surface area contributed by atoms with Crippen LogP contribution in [-0.4, -0.2) is 41.6 Å². The van der Waals surface area contributed by atoms with Crippen molar-refractivity contribution in [2.24, 2.45) is 17.8 Å². The maximum atomic E-state index is 11.2. The van der Waals surface area contributed by atoms with Gasteiger partial charge in [0.2, 0.25) is 0 Å². The molecule has 2 aliphatic carbocycles. The molecule has 3 rings (SSSR count). The number of hydrogen-bond donors (Lipinski definition) is 2. The summed E-state index contributed by atoms with van der Waals surface area (Å²) >= 11 is 0. The van der Waals surface area contributed by atoms with E-state index in [1.54, 1.807) is 0 Å². The molecule has 0 aromatic rings. The van der Waals surface area contributed by atoms with Crippen LogP contribution in [0.3, 0.4) is 0 Å². The lowest BCUT2D eigenvalue weighted by Gasteiger charge is -2.25. The summed E-state index contributed by atoms with van der Waals surface area (Å²) in [6.45, 7) is 0. The first-order chi connectivity index (χ1) is 13.1. The zero-order valence-corrected chi connectivity index (χ0v) is 16.4. The SMILES string of the molecule is COC(=O)CCC/C=C1/C[C@@H]2[C@@H](/C=C/[C@@H](O)C3CCCCC3)[C@H](O)C[C@H]2O1. The highest BCUT2D eigenvalue weighted by molar-refractivity contribution is 5.69. The molecular formula is C22H34O5. The van der Waals surface area contributed by atoms with Crippen molar-refractivity contribution < 1.29 is 24.5 Å². The van der Waals surface area contributed by atoms with E-state index < -0.39 is 12.2 Å². The molecule has 27 heavy (non-hydrogen) atoms. The Morgan fingerprint density at radius 1 is 1.33 bits per heavy atom. The number of carbonyl (C=O) groups is 1. The quantitative estimate of drug-likeness (QED) is 0.403. The zero-order valence-electron chi connectivity index (χ0n) is 16.4. The molecule has 0 bridgehead atoms. The Hall–Kier alpha value is -1.33. The van der Waals surface area contributed by atoms with Gasteiger partial charge in [0, 0.05) is 31.1 Å². The molecule has 5 heteroatoms. The number of fused-ring (bicyclic) bond motifs is 1. The predicted molar refractivity (Wildman–Crippen MR) is 103 cm³/mol. The monoisotopic (exact) mass is 378 g/mol. The van der Waals surface area contributed by atoms with Crippen LogP contribution < -0.4 is 0 Å². The lowest BCUT2D eigenvalue weighted by molar-refractivity contribution is -0.140. The van der Waals surface area contributed by atoms with Crippen molar-refractivity contribution in [3.63, 3.8) is 0 Å². The second-order valence-electron chi connectivity index (χ2n) is 8.32. The number of allylic oxidation sites excluding steroid dienone is 2. The molecule has 0 spiro atoms. The second kappa shape index (κ2) is 9.74. The van der Waals surface area contributed by atoms with Gasteiger partial charge in [0.1, 0.15) is 6.10 Å². The van der Waals surface area contributed by atoms with Gasteiger partial charge < -0.3 is 19.7 Å². The second-order valence-corrected chi connectivity index (χ2v) is 8.32. The van der Waals surface area contributed by atoms with Crippen molar-refractivity contribution in [3.05, 3.63) is 24.0 Å². The molecule has 1 aliphatic heterocycles. The average molecular weight is 379 g/mol. The molecule has 0 unspecified atom stereocenters. The Labute approximate surface area is 162 Å². The molecule has 3 fully saturated rings. The lowest BCUT2D eigenvalue weighted by Crippen LogP contribution is -2.22. The summed E-state index contributed by atoms with van der Waals surface area (Å²) in [5.41, 5.74) is 0. The minimum Gasteiger partial charge on any atom is -0.495 e. The van der Waals surface area contributed by atoms with Crippen LogP contribution in [-0.2, 0) is 14.3 Å². The van der Waals surface area contributed by atoms with E-state index >= 15 is 0 Å². The first kappa shape index (κ1) is 20.4. The van der Waals surface area contributed by atoms with E-state index in [4.69, 9.17) is 4.74 Å². The number of aliphatic hydroxyl groups excluding tert-OH is 2. The van der Waals surface area contributed by atoms with Gasteiger partial charge in [0.05, 0.1) is 25.1 Å². The van der Waals surface area contributed by atoms with Crippen LogP contribution in [0, 0.1) is 17.8 Å². The van der Waals surface area contributed by atoms with E-state index in [1.807, 2.05) is 12.2 Å². The Morgan fingerprint density at radius 2 is 2.11 bits per heavy atom. The summed E-state index contributed by atoms with van der Waals surface area (Å²) in [6, 6.07) is 0. The van der Waals surface area contributed by atoms with Crippen LogP contribution in [0.5, 0.6) is 0 Å². The Bertz CT molecular complexity index is 549. The van der Waals surface area contributed by atoms with Gasteiger partial charge in [-0.3, -0.25) is 4.79 Å². The predicted octanol–water partition coefficient (Wildman–Crippen LogP) is 3.50. The van der Waals surface area contributed by atoms with Crippen molar-refractivity contribution in [2.45, 2.75) is 82.5 Å². The van der Waals surface area contributed by atoms with E-state index in [1.165, 1.54) is 26.4 Å². The summed E-state index contributed by atoms with van der Waals surface area (Å²) < 4.78 is 10.7. The van der Waals surface area contributed by atoms with E-state index in [-0.39, 0.29) is 23.9 Å². The molecule has 5 nitrogen and oxygen atoms in total. The molecule has 152 valence electrons. The maximum absolute atomic E-state index is 11.2. The Morgan fingerprint density at radius 3 is 2.85 bits per heavy atom. The zero-order chi connectivity index (χ0) is 19.2. The molecule has 2 N–H and O–H groups in total. The third-order valence-corrected chi connectivity index (χ3v) is 6.48. The Kier molecular flexibility index (Phi) is 7.36. The molecule has 1 saturated heterocycles. The summed E-state index contributed by atoms with van der Waals surface area (Å²) in [5, 5.41) is 20.9. The molecule has 0 amide bonds. The van der Waals surface area contributed by atoms with Gasteiger partial charge in [0.15, 0.2) is 0 Å². The van der Waals surface area contributed by atoms with Crippen LogP contribution >= 0.6 is 0 Å². The van der Waals surface area contributed by atoms with Crippen LogP contribution in [0.15, 0.2) is 24.0 Å². The van der Waals surface area contributed by atoms with Gasteiger partial charge in [-0.2, -0.15) is 0 Å². The number of hydrogen-bond acceptors (Lipinski definition) is 5. The van der Waals surface area contributed by atoms with Crippen molar-refractivity contribution in [1.82, 2.24) is 0 Å². The standard InChI is InChI=1S/C22H34O5/c1-26-22(25)10-6-5-9-16-13-18-17(20(24)14-21(18)27-16)11-12-19(23)15-7-3-2-4-8-15/h9,11-12,15,17-21,23-24H,2-8,10,13-14H2,1H3/b12-11+,16-9-/t17-,18-,19-,20-,21-/m1/s1. The largest absolute Gasteiger partial charge is 0.495 e. The number of esters is 1. The van der Waals surface area contributed by atoms with Gasteiger partial charge in [-0.05, 0) is 37.7 Å². The average Bonchev–Trinajstić information content (AvgIpc) is 3.20. The molecule has 0 aromatic carbocycles. The summed E-state index contributed by atoms with van der Waals surface area (Å²) in [4.78, 5) is 11.2.